The molecule has 0 bridgehead atoms. The van der Waals surface area contributed by atoms with Gasteiger partial charge in [0.15, 0.2) is 0 Å². The zero-order valence-corrected chi connectivity index (χ0v) is 41.1. The van der Waals surface area contributed by atoms with E-state index in [-0.39, 0.29) is 0 Å². The summed E-state index contributed by atoms with van der Waals surface area (Å²) in [5.74, 6) is -1.66. The van der Waals surface area contributed by atoms with Crippen LogP contribution in [0.4, 0.5) is 0 Å². The lowest BCUT2D eigenvalue weighted by Gasteiger charge is -2.05. The van der Waals surface area contributed by atoms with Crippen molar-refractivity contribution in [2.24, 2.45) is 0 Å². The van der Waals surface area contributed by atoms with Crippen molar-refractivity contribution in [3.05, 3.63) is 24.3 Å². The lowest BCUT2D eigenvalue weighted by atomic mass is 10.0. The molecular weight excluding hydrogens is 749 g/mol. The Bertz CT molecular complexity index is 837. The van der Waals surface area contributed by atoms with E-state index in [4.69, 9.17) is 10.2 Å². The molecule has 0 rings (SSSR count). The number of unbranched alkanes of at least 4 members (excludes halogenated alkanes) is 50. The van der Waals surface area contributed by atoms with E-state index < -0.39 is 11.9 Å². The third-order valence-electron chi connectivity index (χ3n) is 13.3. The monoisotopic (exact) mass is 857 g/mol. The second-order valence-electron chi connectivity index (χ2n) is 19.4. The Balaban J connectivity index is 3.08. The molecule has 0 aliphatic rings. The summed E-state index contributed by atoms with van der Waals surface area (Å²) in [6.45, 7) is 0. The maximum absolute atomic E-state index is 10.4. The molecule has 2 N–H and O–H groups in total. The Labute approximate surface area is 382 Å². The quantitative estimate of drug-likeness (QED) is 0.0472. The maximum atomic E-state index is 10.4. The molecule has 0 aliphatic heterocycles. The average molecular weight is 857 g/mol. The van der Waals surface area contributed by atoms with E-state index in [1.807, 2.05) is 0 Å². The molecule has 0 unspecified atom stereocenters. The van der Waals surface area contributed by atoms with E-state index >= 15 is 0 Å². The number of aliphatic carboxylic acids is 2. The lowest BCUT2D eigenvalue weighted by molar-refractivity contribution is -0.132. The normalized spacial score (nSPS) is 11.8. The molecule has 4 nitrogen and oxygen atoms in total. The highest BCUT2D eigenvalue weighted by atomic mass is 16.4. The molecule has 0 aromatic rings. The topological polar surface area (TPSA) is 74.6 Å². The third kappa shape index (κ3) is 58.4. The summed E-state index contributed by atoms with van der Waals surface area (Å²) in [6.07, 6.45) is 77.5. The molecule has 0 spiro atoms. The van der Waals surface area contributed by atoms with E-state index in [0.717, 1.165) is 25.7 Å². The molecule has 0 heterocycles. The fourth-order valence-corrected chi connectivity index (χ4v) is 9.20. The first-order valence-corrected chi connectivity index (χ1v) is 27.9. The second-order valence-corrected chi connectivity index (χ2v) is 19.4. The van der Waals surface area contributed by atoms with Gasteiger partial charge in [0.05, 0.1) is 0 Å². The molecule has 0 aliphatic carbocycles. The van der Waals surface area contributed by atoms with E-state index in [1.165, 1.54) is 314 Å². The Morgan fingerprint density at radius 3 is 0.393 bits per heavy atom. The number of rotatable bonds is 54. The van der Waals surface area contributed by atoms with Crippen LogP contribution < -0.4 is 0 Å². The van der Waals surface area contributed by atoms with Gasteiger partial charge in [-0.15, -0.1) is 0 Å². The fourth-order valence-electron chi connectivity index (χ4n) is 9.20. The molecule has 61 heavy (non-hydrogen) atoms. The van der Waals surface area contributed by atoms with Crippen LogP contribution in [0.2, 0.25) is 0 Å². The molecule has 0 aromatic carbocycles. The molecule has 0 amide bonds. The fraction of sp³-hybridized carbons (Fsp3) is 0.895. The number of hydrogen-bond donors (Lipinski definition) is 2. The minimum atomic E-state index is -0.829. The van der Waals surface area contributed by atoms with E-state index in [1.54, 1.807) is 12.2 Å². The highest BCUT2D eigenvalue weighted by molar-refractivity contribution is 5.79. The van der Waals surface area contributed by atoms with Gasteiger partial charge in [0.1, 0.15) is 0 Å². The molecule has 4 heteroatoms. The van der Waals surface area contributed by atoms with Crippen LogP contribution in [0.15, 0.2) is 24.3 Å². The lowest BCUT2D eigenvalue weighted by Crippen LogP contribution is -1.86. The van der Waals surface area contributed by atoms with Gasteiger partial charge in [-0.2, -0.15) is 0 Å². The van der Waals surface area contributed by atoms with E-state index in [0.29, 0.717) is 0 Å². The first-order chi connectivity index (χ1) is 30.1. The van der Waals surface area contributed by atoms with Crippen LogP contribution in [0.3, 0.4) is 0 Å². The highest BCUT2D eigenvalue weighted by Gasteiger charge is 1.99. The first kappa shape index (κ1) is 59.4. The van der Waals surface area contributed by atoms with Crippen molar-refractivity contribution in [1.29, 1.82) is 0 Å². The van der Waals surface area contributed by atoms with Crippen LogP contribution in [0, 0.1) is 0 Å². The summed E-state index contributed by atoms with van der Waals surface area (Å²) in [7, 11) is 0. The number of allylic oxidation sites excluding steroid dienone is 2. The number of carboxylic acid groups (broad SMARTS) is 2. The van der Waals surface area contributed by atoms with Crippen molar-refractivity contribution >= 4 is 11.9 Å². The summed E-state index contributed by atoms with van der Waals surface area (Å²) in [4.78, 5) is 20.9. The van der Waals surface area contributed by atoms with Crippen LogP contribution in [0.5, 0.6) is 0 Å². The smallest absolute Gasteiger partial charge is 0.327 e. The van der Waals surface area contributed by atoms with Crippen LogP contribution in [0.1, 0.15) is 327 Å². The summed E-state index contributed by atoms with van der Waals surface area (Å²) < 4.78 is 0. The van der Waals surface area contributed by atoms with Crippen LogP contribution in [-0.4, -0.2) is 22.2 Å². The van der Waals surface area contributed by atoms with Gasteiger partial charge < -0.3 is 10.2 Å². The minimum absolute atomic E-state index is 0.829. The summed E-state index contributed by atoms with van der Waals surface area (Å²) in [5, 5.41) is 17.2. The molecule has 0 radical (unpaired) electrons. The van der Waals surface area contributed by atoms with Gasteiger partial charge in [0, 0.05) is 12.2 Å². The predicted molar refractivity (Wildman–Crippen MR) is 269 cm³/mol. The Hall–Kier alpha value is -1.58. The molecule has 360 valence electrons. The Kier molecular flexibility index (Phi) is 53.1. The van der Waals surface area contributed by atoms with Crippen molar-refractivity contribution in [1.82, 2.24) is 0 Å². The predicted octanol–water partition coefficient (Wildman–Crippen LogP) is 20.2. The van der Waals surface area contributed by atoms with Crippen LogP contribution in [-0.2, 0) is 9.59 Å². The first-order valence-electron chi connectivity index (χ1n) is 27.9. The molecule has 0 saturated heterocycles. The maximum Gasteiger partial charge on any atom is 0.327 e. The highest BCUT2D eigenvalue weighted by Crippen LogP contribution is 2.19. The molecule has 0 saturated carbocycles. The van der Waals surface area contributed by atoms with Gasteiger partial charge in [-0.3, -0.25) is 0 Å². The van der Waals surface area contributed by atoms with Crippen LogP contribution >= 0.6 is 0 Å². The summed E-state index contributed by atoms with van der Waals surface area (Å²) in [6, 6.07) is 0. The van der Waals surface area contributed by atoms with Gasteiger partial charge in [-0.1, -0.05) is 314 Å². The van der Waals surface area contributed by atoms with E-state index in [2.05, 4.69) is 0 Å². The Morgan fingerprint density at radius 1 is 0.197 bits per heavy atom. The molecule has 0 aromatic heterocycles. The number of hydrogen-bond acceptors (Lipinski definition) is 2. The van der Waals surface area contributed by atoms with Crippen molar-refractivity contribution in [3.8, 4) is 0 Å². The van der Waals surface area contributed by atoms with Gasteiger partial charge in [0.2, 0.25) is 0 Å². The van der Waals surface area contributed by atoms with Gasteiger partial charge in [-0.25, -0.2) is 9.59 Å². The van der Waals surface area contributed by atoms with E-state index in [9.17, 15) is 9.59 Å². The molecule has 0 atom stereocenters. The molecule has 0 fully saturated rings. The van der Waals surface area contributed by atoms with Crippen molar-refractivity contribution in [3.63, 3.8) is 0 Å². The van der Waals surface area contributed by atoms with Gasteiger partial charge in [0.25, 0.3) is 0 Å². The van der Waals surface area contributed by atoms with Crippen molar-refractivity contribution < 1.29 is 19.8 Å². The third-order valence-corrected chi connectivity index (χ3v) is 13.3. The van der Waals surface area contributed by atoms with Gasteiger partial charge in [-0.05, 0) is 25.7 Å². The summed E-state index contributed by atoms with van der Waals surface area (Å²) >= 11 is 0. The zero-order chi connectivity index (χ0) is 44.0. The molecular formula is C57H108O4. The standard InChI is InChI=1S/C57H108O4/c58-56(59)54-52-50-48-46-44-42-40-38-36-34-32-30-28-26-24-22-20-18-16-14-12-10-8-6-4-2-1-3-5-7-9-11-13-15-17-19-21-23-25-27-29-31-33-35-37-39-41-43-45-47-49-51-53-55-57(60)61/h52-55H,1-51H2,(H,58,59)(H,60,61). The van der Waals surface area contributed by atoms with Crippen LogP contribution in [0.25, 0.3) is 0 Å². The number of carboxylic acids is 2. The summed E-state index contributed by atoms with van der Waals surface area (Å²) in [5.41, 5.74) is 0. The second kappa shape index (κ2) is 54.6. The largest absolute Gasteiger partial charge is 0.478 e. The van der Waals surface area contributed by atoms with Crippen molar-refractivity contribution in [2.45, 2.75) is 327 Å². The van der Waals surface area contributed by atoms with Crippen molar-refractivity contribution in [2.75, 3.05) is 0 Å². The average Bonchev–Trinajstić information content (AvgIpc) is 3.24. The van der Waals surface area contributed by atoms with Gasteiger partial charge >= 0.3 is 11.9 Å². The minimum Gasteiger partial charge on any atom is -0.478 e. The number of carbonyl (C=O) groups is 2. The Morgan fingerprint density at radius 2 is 0.295 bits per heavy atom. The SMILES string of the molecule is O=C(O)C=CCCCCCCCCCCCCCCCCCCCCCCCCCCCCCCCCCCCCCCCCCCCCCCCCCCCC=CC(=O)O. The zero-order valence-electron chi connectivity index (χ0n) is 41.1.